The van der Waals surface area contributed by atoms with E-state index in [1.807, 2.05) is 0 Å². The summed E-state index contributed by atoms with van der Waals surface area (Å²) in [5.41, 5.74) is 11.6. The van der Waals surface area contributed by atoms with Crippen molar-refractivity contribution in [2.75, 3.05) is 0 Å². The summed E-state index contributed by atoms with van der Waals surface area (Å²) >= 11 is 0. The second-order valence-electron chi connectivity index (χ2n) is 1.61. The van der Waals surface area contributed by atoms with Crippen LogP contribution in [0.1, 0.15) is 10.4 Å². The van der Waals surface area contributed by atoms with Gasteiger partial charge in [0.15, 0.2) is 5.82 Å². The first-order valence-corrected chi connectivity index (χ1v) is 2.46. The fourth-order valence-corrected chi connectivity index (χ4v) is 0.545. The molecule has 52 valence electrons. The number of nitrogens with zero attached hydrogens (tertiary/aromatic N) is 2. The summed E-state index contributed by atoms with van der Waals surface area (Å²) in [6, 6.07) is 0. The van der Waals surface area contributed by atoms with Gasteiger partial charge in [0.25, 0.3) is 5.91 Å². The normalized spacial score (nSPS) is 9.20. The van der Waals surface area contributed by atoms with E-state index in [4.69, 9.17) is 11.3 Å². The van der Waals surface area contributed by atoms with Crippen molar-refractivity contribution in [1.82, 2.24) is 10.2 Å². The largest absolute Gasteiger partial charge is 0.365 e. The lowest BCUT2D eigenvalue weighted by Crippen LogP contribution is -2.09. The van der Waals surface area contributed by atoms with Crippen LogP contribution in [0.25, 0.3) is 0 Å². The Morgan fingerprint density at radius 3 is 3.00 bits per heavy atom. The van der Waals surface area contributed by atoms with E-state index >= 15 is 0 Å². The van der Waals surface area contributed by atoms with Gasteiger partial charge in [-0.2, -0.15) is 5.10 Å². The minimum atomic E-state index is -0.639. The molecule has 1 aromatic rings. The monoisotopic (exact) mass is 139 g/mol. The second-order valence-corrected chi connectivity index (χ2v) is 1.61. The second kappa shape index (κ2) is 2.26. The Kier molecular flexibility index (Phi) is 1.44. The molecule has 0 bridgehead atoms. The summed E-state index contributed by atoms with van der Waals surface area (Å²) in [7, 11) is 0. The highest BCUT2D eigenvalue weighted by atomic mass is 16.1. The van der Waals surface area contributed by atoms with E-state index in [1.165, 1.54) is 6.20 Å². The molecule has 0 saturated carbocycles. The van der Waals surface area contributed by atoms with Crippen molar-refractivity contribution in [3.8, 4) is 0 Å². The van der Waals surface area contributed by atoms with Crippen LogP contribution in [0.5, 0.6) is 0 Å². The van der Waals surface area contributed by atoms with Crippen molar-refractivity contribution in [2.45, 2.75) is 0 Å². The van der Waals surface area contributed by atoms with Crippen LogP contribution in [0.4, 0.5) is 5.82 Å². The van der Waals surface area contributed by atoms with Gasteiger partial charge in [-0.25, -0.2) is 5.53 Å². The van der Waals surface area contributed by atoms with E-state index in [2.05, 4.69) is 15.3 Å². The zero-order valence-corrected chi connectivity index (χ0v) is 4.96. The molecule has 0 unspecified atom stereocenters. The van der Waals surface area contributed by atoms with E-state index in [0.717, 1.165) is 0 Å². The third-order valence-corrected chi connectivity index (χ3v) is 0.996. The summed E-state index contributed by atoms with van der Waals surface area (Å²) in [4.78, 5) is 10.5. The third-order valence-electron chi connectivity index (χ3n) is 0.996. The van der Waals surface area contributed by atoms with Crippen LogP contribution in [0.15, 0.2) is 11.3 Å². The molecule has 0 aliphatic rings. The molecule has 1 heterocycles. The van der Waals surface area contributed by atoms with Crippen LogP contribution in [0.3, 0.4) is 0 Å². The van der Waals surface area contributed by atoms with Gasteiger partial charge in [-0.05, 0) is 0 Å². The molecule has 0 saturated heterocycles. The number of rotatable bonds is 2. The van der Waals surface area contributed by atoms with Crippen molar-refractivity contribution < 1.29 is 4.79 Å². The number of aromatic amines is 1. The van der Waals surface area contributed by atoms with Crippen LogP contribution in [-0.2, 0) is 0 Å². The Morgan fingerprint density at radius 2 is 2.60 bits per heavy atom. The summed E-state index contributed by atoms with van der Waals surface area (Å²) in [5.74, 6) is -0.549. The fourth-order valence-electron chi connectivity index (χ4n) is 0.545. The molecule has 0 atom stereocenters. The Bertz CT molecular complexity index is 264. The molecule has 1 rings (SSSR count). The molecule has 0 radical (unpaired) electrons. The highest BCUT2D eigenvalue weighted by Gasteiger charge is 2.08. The zero-order chi connectivity index (χ0) is 7.56. The number of aromatic nitrogens is 2. The van der Waals surface area contributed by atoms with Crippen molar-refractivity contribution >= 4 is 11.7 Å². The zero-order valence-electron chi connectivity index (χ0n) is 4.96. The van der Waals surface area contributed by atoms with Crippen LogP contribution in [0, 0.1) is 5.53 Å². The van der Waals surface area contributed by atoms with E-state index < -0.39 is 5.91 Å². The number of carbonyl (C=O) groups is 1. The highest BCUT2D eigenvalue weighted by molar-refractivity contribution is 5.96. The molecule has 6 heteroatoms. The number of nitrogens with two attached hydrogens (primary N) is 1. The Hall–Kier alpha value is -1.72. The molecule has 0 aliphatic heterocycles. The number of carbonyl (C=O) groups excluding carboxylic acids is 1. The lowest BCUT2D eigenvalue weighted by atomic mass is 10.3. The van der Waals surface area contributed by atoms with E-state index in [1.54, 1.807) is 0 Å². The fraction of sp³-hybridized carbons (Fsp3) is 0. The average molecular weight is 139 g/mol. The predicted molar refractivity (Wildman–Crippen MR) is 31.9 cm³/mol. The van der Waals surface area contributed by atoms with Gasteiger partial charge in [0.05, 0.1) is 6.20 Å². The Balaban J connectivity index is 3.13. The number of H-pyrrole nitrogens is 1. The smallest absolute Gasteiger partial charge is 0.254 e. The summed E-state index contributed by atoms with van der Waals surface area (Å²) in [6.45, 7) is 0. The molecular formula is C4H5N5O. The van der Waals surface area contributed by atoms with Gasteiger partial charge in [-0.15, -0.1) is 5.11 Å². The van der Waals surface area contributed by atoms with Crippen LogP contribution in [0.2, 0.25) is 0 Å². The Morgan fingerprint density at radius 1 is 1.90 bits per heavy atom. The van der Waals surface area contributed by atoms with Gasteiger partial charge < -0.3 is 5.73 Å². The molecule has 0 spiro atoms. The molecule has 10 heavy (non-hydrogen) atoms. The van der Waals surface area contributed by atoms with Gasteiger partial charge in [-0.1, -0.05) is 0 Å². The van der Waals surface area contributed by atoms with Gasteiger partial charge in [0.2, 0.25) is 0 Å². The maximum atomic E-state index is 10.5. The van der Waals surface area contributed by atoms with E-state index in [0.29, 0.717) is 0 Å². The standard InChI is InChI=1S/C4H5N5O/c5-3(10)2-1-7-9-4(2)8-6/h1,6H,(H2,5,10)(H,7,9). The Labute approximate surface area is 55.9 Å². The lowest BCUT2D eigenvalue weighted by Gasteiger charge is -1.86. The van der Waals surface area contributed by atoms with Crippen LogP contribution >= 0.6 is 0 Å². The van der Waals surface area contributed by atoms with Gasteiger partial charge >= 0.3 is 0 Å². The maximum Gasteiger partial charge on any atom is 0.254 e. The molecule has 6 nitrogen and oxygen atoms in total. The van der Waals surface area contributed by atoms with E-state index in [-0.39, 0.29) is 11.4 Å². The van der Waals surface area contributed by atoms with E-state index in [9.17, 15) is 4.79 Å². The molecule has 1 amide bonds. The summed E-state index contributed by atoms with van der Waals surface area (Å²) in [6.07, 6.45) is 1.23. The van der Waals surface area contributed by atoms with Crippen molar-refractivity contribution in [1.29, 1.82) is 5.53 Å². The topological polar surface area (TPSA) is 108 Å². The quantitative estimate of drug-likeness (QED) is 0.507. The SMILES string of the molecule is N=Nc1[nH]ncc1C(N)=O. The summed E-state index contributed by atoms with van der Waals surface area (Å²) < 4.78 is 0. The minimum Gasteiger partial charge on any atom is -0.365 e. The lowest BCUT2D eigenvalue weighted by molar-refractivity contribution is 0.100. The number of hydrogen-bond acceptors (Lipinski definition) is 4. The molecule has 0 aromatic carbocycles. The van der Waals surface area contributed by atoms with Gasteiger partial charge in [0, 0.05) is 0 Å². The van der Waals surface area contributed by atoms with Crippen molar-refractivity contribution in [3.05, 3.63) is 11.8 Å². The average Bonchev–Trinajstić information content (AvgIpc) is 2.33. The molecular weight excluding hydrogens is 134 g/mol. The minimum absolute atomic E-state index is 0.0903. The highest BCUT2D eigenvalue weighted by Crippen LogP contribution is 2.12. The number of amides is 1. The van der Waals surface area contributed by atoms with Crippen LogP contribution in [-0.4, -0.2) is 16.1 Å². The first kappa shape index (κ1) is 6.40. The van der Waals surface area contributed by atoms with Crippen molar-refractivity contribution in [3.63, 3.8) is 0 Å². The van der Waals surface area contributed by atoms with Crippen molar-refractivity contribution in [2.24, 2.45) is 10.8 Å². The molecule has 4 N–H and O–H groups in total. The first-order chi connectivity index (χ1) is 4.75. The third kappa shape index (κ3) is 0.859. The maximum absolute atomic E-state index is 10.5. The number of nitrogens with one attached hydrogen (secondary N) is 2. The van der Waals surface area contributed by atoms with Crippen LogP contribution < -0.4 is 5.73 Å². The van der Waals surface area contributed by atoms with Gasteiger partial charge in [-0.3, -0.25) is 9.89 Å². The summed E-state index contributed by atoms with van der Waals surface area (Å²) in [5, 5.41) is 8.79. The molecule has 0 fully saturated rings. The molecule has 0 aliphatic carbocycles. The molecule has 1 aromatic heterocycles. The number of hydrogen-bond donors (Lipinski definition) is 3. The van der Waals surface area contributed by atoms with Gasteiger partial charge in [0.1, 0.15) is 5.56 Å². The number of primary amides is 1. The predicted octanol–water partition coefficient (Wildman–Crippen LogP) is 0.171. The first-order valence-electron chi connectivity index (χ1n) is 2.46.